The van der Waals surface area contributed by atoms with Gasteiger partial charge in [-0.3, -0.25) is 9.59 Å². The summed E-state index contributed by atoms with van der Waals surface area (Å²) in [6.45, 7) is 10.1. The molecule has 0 saturated carbocycles. The minimum Gasteiger partial charge on any atom is -0.345 e. The number of benzene rings is 1. The first-order valence-electron chi connectivity index (χ1n) is 9.02. The number of nitrogens with one attached hydrogen (secondary N) is 2. The van der Waals surface area contributed by atoms with Crippen LogP contribution >= 0.6 is 0 Å². The van der Waals surface area contributed by atoms with E-state index in [1.165, 1.54) is 0 Å². The Morgan fingerprint density at radius 3 is 2.42 bits per heavy atom. The SMILES string of the molecule is Cc1cc(C)n(-c2cccc(NC(=O)C(=O)NC(C)CCC(C)C)c2)n1. The number of nitrogens with zero attached hydrogens (tertiary/aromatic N) is 2. The molecule has 2 N–H and O–H groups in total. The van der Waals surface area contributed by atoms with Crippen LogP contribution < -0.4 is 10.6 Å². The lowest BCUT2D eigenvalue weighted by Gasteiger charge is -2.15. The molecule has 1 heterocycles. The van der Waals surface area contributed by atoms with Crippen molar-refractivity contribution in [2.75, 3.05) is 5.32 Å². The van der Waals surface area contributed by atoms with Gasteiger partial charge < -0.3 is 10.6 Å². The first kappa shape index (κ1) is 19.7. The molecule has 2 rings (SSSR count). The molecule has 0 fully saturated rings. The lowest BCUT2D eigenvalue weighted by Crippen LogP contribution is -2.40. The maximum absolute atomic E-state index is 12.2. The molecule has 6 heteroatoms. The molecule has 0 aliphatic heterocycles. The second kappa shape index (κ2) is 8.65. The third-order valence-electron chi connectivity index (χ3n) is 4.12. The molecular formula is C20H28N4O2. The van der Waals surface area contributed by atoms with Crippen LogP contribution in [-0.4, -0.2) is 27.6 Å². The van der Waals surface area contributed by atoms with Gasteiger partial charge in [0.05, 0.1) is 11.4 Å². The number of hydrogen-bond donors (Lipinski definition) is 2. The summed E-state index contributed by atoms with van der Waals surface area (Å²) < 4.78 is 1.80. The number of carbonyl (C=O) groups is 2. The molecule has 0 saturated heterocycles. The van der Waals surface area contributed by atoms with Crippen LogP contribution in [0.4, 0.5) is 5.69 Å². The van der Waals surface area contributed by atoms with Gasteiger partial charge in [-0.1, -0.05) is 19.9 Å². The second-order valence-corrected chi connectivity index (χ2v) is 7.19. The molecule has 0 aliphatic carbocycles. The molecule has 1 unspecified atom stereocenters. The number of anilines is 1. The fourth-order valence-corrected chi connectivity index (χ4v) is 2.74. The fraction of sp³-hybridized carbons (Fsp3) is 0.450. The van der Waals surface area contributed by atoms with Crippen LogP contribution in [0.5, 0.6) is 0 Å². The molecule has 0 aliphatic rings. The van der Waals surface area contributed by atoms with E-state index in [2.05, 4.69) is 29.6 Å². The van der Waals surface area contributed by atoms with Gasteiger partial charge in [-0.25, -0.2) is 4.68 Å². The van der Waals surface area contributed by atoms with E-state index in [0.29, 0.717) is 11.6 Å². The minimum absolute atomic E-state index is 0.0308. The third-order valence-corrected chi connectivity index (χ3v) is 4.12. The molecule has 140 valence electrons. The molecule has 0 bridgehead atoms. The number of rotatable bonds is 6. The highest BCUT2D eigenvalue weighted by atomic mass is 16.2. The van der Waals surface area contributed by atoms with E-state index in [1.54, 1.807) is 16.8 Å². The average Bonchev–Trinajstić information content (AvgIpc) is 2.91. The van der Waals surface area contributed by atoms with Crippen LogP contribution in [0.1, 0.15) is 45.0 Å². The molecule has 2 aromatic rings. The predicted octanol–water partition coefficient (Wildman–Crippen LogP) is 3.37. The van der Waals surface area contributed by atoms with E-state index in [0.717, 1.165) is 29.9 Å². The van der Waals surface area contributed by atoms with Crippen LogP contribution in [-0.2, 0) is 9.59 Å². The molecule has 2 amide bonds. The van der Waals surface area contributed by atoms with Crippen molar-refractivity contribution in [2.24, 2.45) is 5.92 Å². The molecular weight excluding hydrogens is 328 g/mol. The fourth-order valence-electron chi connectivity index (χ4n) is 2.74. The first-order chi connectivity index (χ1) is 12.3. The van der Waals surface area contributed by atoms with Crippen molar-refractivity contribution in [2.45, 2.75) is 53.5 Å². The van der Waals surface area contributed by atoms with Crippen molar-refractivity contribution in [3.05, 3.63) is 41.7 Å². The monoisotopic (exact) mass is 356 g/mol. The summed E-state index contributed by atoms with van der Waals surface area (Å²) in [6, 6.07) is 9.23. The molecule has 26 heavy (non-hydrogen) atoms. The van der Waals surface area contributed by atoms with Gasteiger partial charge in [-0.2, -0.15) is 5.10 Å². The third kappa shape index (κ3) is 5.44. The van der Waals surface area contributed by atoms with Gasteiger partial charge in [0.1, 0.15) is 0 Å². The van der Waals surface area contributed by atoms with Crippen LogP contribution in [0, 0.1) is 19.8 Å². The Balaban J connectivity index is 2.00. The Labute approximate surface area is 155 Å². The van der Waals surface area contributed by atoms with E-state index in [1.807, 2.05) is 39.0 Å². The van der Waals surface area contributed by atoms with Crippen LogP contribution in [0.3, 0.4) is 0 Å². The summed E-state index contributed by atoms with van der Waals surface area (Å²) >= 11 is 0. The highest BCUT2D eigenvalue weighted by Gasteiger charge is 2.17. The maximum Gasteiger partial charge on any atom is 0.313 e. The zero-order chi connectivity index (χ0) is 19.3. The van der Waals surface area contributed by atoms with Crippen LogP contribution in [0.15, 0.2) is 30.3 Å². The molecule has 1 atom stereocenters. The summed E-state index contributed by atoms with van der Waals surface area (Å²) in [6.07, 6.45) is 1.86. The number of aryl methyl sites for hydroxylation is 2. The number of hydrogen-bond acceptors (Lipinski definition) is 3. The average molecular weight is 356 g/mol. The number of carbonyl (C=O) groups excluding carboxylic acids is 2. The maximum atomic E-state index is 12.2. The Hall–Kier alpha value is -2.63. The zero-order valence-corrected chi connectivity index (χ0v) is 16.2. The highest BCUT2D eigenvalue weighted by molar-refractivity contribution is 6.39. The van der Waals surface area contributed by atoms with Crippen molar-refractivity contribution in [1.29, 1.82) is 0 Å². The zero-order valence-electron chi connectivity index (χ0n) is 16.2. The first-order valence-corrected chi connectivity index (χ1v) is 9.02. The van der Waals surface area contributed by atoms with Gasteiger partial charge in [-0.05, 0) is 63.8 Å². The lowest BCUT2D eigenvalue weighted by atomic mass is 10.0. The summed E-state index contributed by atoms with van der Waals surface area (Å²) in [5, 5.41) is 9.84. The number of amides is 2. The number of aromatic nitrogens is 2. The quantitative estimate of drug-likeness (QED) is 0.779. The Bertz CT molecular complexity index is 780. The smallest absolute Gasteiger partial charge is 0.313 e. The summed E-state index contributed by atoms with van der Waals surface area (Å²) in [4.78, 5) is 24.2. The van der Waals surface area contributed by atoms with Crippen molar-refractivity contribution in [3.63, 3.8) is 0 Å². The normalized spacial score (nSPS) is 12.1. The minimum atomic E-state index is -0.660. The van der Waals surface area contributed by atoms with Gasteiger partial charge in [0.15, 0.2) is 0 Å². The second-order valence-electron chi connectivity index (χ2n) is 7.19. The highest BCUT2D eigenvalue weighted by Crippen LogP contribution is 2.17. The summed E-state index contributed by atoms with van der Waals surface area (Å²) in [5.41, 5.74) is 3.32. The molecule has 6 nitrogen and oxygen atoms in total. The standard InChI is InChI=1S/C20H28N4O2/c1-13(2)9-10-14(3)21-19(25)20(26)22-17-7-6-8-18(12-17)24-16(5)11-15(4)23-24/h6-8,11-14H,9-10H2,1-5H3,(H,21,25)(H,22,26). The Morgan fingerprint density at radius 2 is 1.81 bits per heavy atom. The van der Waals surface area contributed by atoms with Gasteiger partial charge in [-0.15, -0.1) is 0 Å². The predicted molar refractivity (Wildman–Crippen MR) is 103 cm³/mol. The van der Waals surface area contributed by atoms with Crippen molar-refractivity contribution < 1.29 is 9.59 Å². The van der Waals surface area contributed by atoms with E-state index < -0.39 is 11.8 Å². The van der Waals surface area contributed by atoms with E-state index in [9.17, 15) is 9.59 Å². The summed E-state index contributed by atoms with van der Waals surface area (Å²) in [7, 11) is 0. The van der Waals surface area contributed by atoms with E-state index in [4.69, 9.17) is 0 Å². The molecule has 0 radical (unpaired) electrons. The Morgan fingerprint density at radius 1 is 1.08 bits per heavy atom. The Kier molecular flexibility index (Phi) is 6.55. The largest absolute Gasteiger partial charge is 0.345 e. The van der Waals surface area contributed by atoms with Gasteiger partial charge >= 0.3 is 11.8 Å². The lowest BCUT2D eigenvalue weighted by molar-refractivity contribution is -0.136. The molecule has 0 spiro atoms. The van der Waals surface area contributed by atoms with Crippen molar-refractivity contribution in [1.82, 2.24) is 15.1 Å². The molecule has 1 aromatic heterocycles. The van der Waals surface area contributed by atoms with E-state index in [-0.39, 0.29) is 6.04 Å². The summed E-state index contributed by atoms with van der Waals surface area (Å²) in [5.74, 6) is -0.704. The topological polar surface area (TPSA) is 76.0 Å². The van der Waals surface area contributed by atoms with Crippen molar-refractivity contribution >= 4 is 17.5 Å². The van der Waals surface area contributed by atoms with Crippen LogP contribution in [0.25, 0.3) is 5.69 Å². The molecule has 1 aromatic carbocycles. The van der Waals surface area contributed by atoms with E-state index >= 15 is 0 Å². The van der Waals surface area contributed by atoms with Crippen molar-refractivity contribution in [3.8, 4) is 5.69 Å². The van der Waals surface area contributed by atoms with Crippen LogP contribution in [0.2, 0.25) is 0 Å². The van der Waals surface area contributed by atoms with Gasteiger partial charge in [0, 0.05) is 17.4 Å². The van der Waals surface area contributed by atoms with Gasteiger partial charge in [0.25, 0.3) is 0 Å². The van der Waals surface area contributed by atoms with Gasteiger partial charge in [0.2, 0.25) is 0 Å².